The van der Waals surface area contributed by atoms with E-state index < -0.39 is 5.60 Å². The molecule has 5 heteroatoms. The van der Waals surface area contributed by atoms with Crippen LogP contribution in [0.4, 0.5) is 0 Å². The Labute approximate surface area is 138 Å². The number of carbonyl (C=O) groups excluding carboxylic acids is 1. The van der Waals surface area contributed by atoms with Gasteiger partial charge in [-0.3, -0.25) is 14.9 Å². The van der Waals surface area contributed by atoms with E-state index in [2.05, 4.69) is 19.9 Å². The molecule has 130 valence electrons. The van der Waals surface area contributed by atoms with Gasteiger partial charge in [0.1, 0.15) is 5.60 Å². The van der Waals surface area contributed by atoms with Gasteiger partial charge in [0.15, 0.2) is 0 Å². The van der Waals surface area contributed by atoms with Crippen molar-refractivity contribution >= 4 is 5.97 Å². The maximum Gasteiger partial charge on any atom is 0.303 e. The average molecular weight is 323 g/mol. The number of carbonyl (C=O) groups is 1. The second-order valence-electron chi connectivity index (χ2n) is 8.13. The summed E-state index contributed by atoms with van der Waals surface area (Å²) in [5, 5.41) is 11.3. The lowest BCUT2D eigenvalue weighted by Gasteiger charge is -2.52. The molecule has 0 spiro atoms. The molecular weight excluding hydrogens is 294 g/mol. The molecule has 0 bridgehead atoms. The second kappa shape index (κ2) is 6.25. The minimum Gasteiger partial charge on any atom is -0.460 e. The first-order valence-corrected chi connectivity index (χ1v) is 8.60. The number of allylic oxidation sites excluding steroid dienone is 2. The zero-order chi connectivity index (χ0) is 17.4. The molecule has 0 saturated heterocycles. The largest absolute Gasteiger partial charge is 0.460 e. The van der Waals surface area contributed by atoms with Crippen LogP contribution in [-0.4, -0.2) is 23.0 Å². The predicted octanol–water partition coefficient (Wildman–Crippen LogP) is 3.99. The number of esters is 1. The molecule has 0 amide bonds. The highest BCUT2D eigenvalue weighted by atomic mass is 16.6. The Balaban J connectivity index is 2.21. The van der Waals surface area contributed by atoms with Gasteiger partial charge in [0.05, 0.1) is 0 Å². The van der Waals surface area contributed by atoms with E-state index in [-0.39, 0.29) is 28.8 Å². The van der Waals surface area contributed by atoms with E-state index >= 15 is 0 Å². The Kier molecular flexibility index (Phi) is 4.88. The van der Waals surface area contributed by atoms with E-state index in [4.69, 9.17) is 4.74 Å². The fourth-order valence-electron chi connectivity index (χ4n) is 4.81. The molecule has 0 radical (unpaired) electrons. The monoisotopic (exact) mass is 323 g/mol. The van der Waals surface area contributed by atoms with Crippen molar-refractivity contribution < 1.29 is 14.5 Å². The molecule has 1 unspecified atom stereocenters. The number of hydrogen-bond donors (Lipinski definition) is 0. The number of nitrogens with zero attached hydrogens (tertiary/aromatic N) is 1. The summed E-state index contributed by atoms with van der Waals surface area (Å²) in [6, 6.07) is 0. The molecule has 0 aromatic heterocycles. The SMILES string of the molecule is CCC(C)C1=C[C@H]2[C@@H](C1)C[C@@]2(C[N+](=O)[O-])CC(C)(C)OC(C)=O. The number of ether oxygens (including phenoxy) is 1. The van der Waals surface area contributed by atoms with Crippen molar-refractivity contribution in [3.8, 4) is 0 Å². The molecule has 1 fully saturated rings. The summed E-state index contributed by atoms with van der Waals surface area (Å²) >= 11 is 0. The Morgan fingerprint density at radius 3 is 2.74 bits per heavy atom. The van der Waals surface area contributed by atoms with E-state index in [9.17, 15) is 14.9 Å². The van der Waals surface area contributed by atoms with Crippen molar-refractivity contribution in [2.45, 2.75) is 65.9 Å². The van der Waals surface area contributed by atoms with Crippen LogP contribution < -0.4 is 0 Å². The van der Waals surface area contributed by atoms with Gasteiger partial charge in [-0.2, -0.15) is 0 Å². The van der Waals surface area contributed by atoms with Crippen LogP contribution in [0.1, 0.15) is 60.3 Å². The molecule has 0 aliphatic heterocycles. The smallest absolute Gasteiger partial charge is 0.303 e. The molecule has 5 nitrogen and oxygen atoms in total. The van der Waals surface area contributed by atoms with E-state index in [1.54, 1.807) is 0 Å². The highest BCUT2D eigenvalue weighted by Gasteiger charge is 2.59. The maximum absolute atomic E-state index is 11.3. The molecular formula is C18H29NO4. The summed E-state index contributed by atoms with van der Waals surface area (Å²) in [7, 11) is 0. The van der Waals surface area contributed by atoms with E-state index in [0.717, 1.165) is 19.3 Å². The number of rotatable bonds is 7. The van der Waals surface area contributed by atoms with E-state index in [1.165, 1.54) is 12.5 Å². The highest BCUT2D eigenvalue weighted by molar-refractivity contribution is 5.66. The number of fused-ring (bicyclic) bond motifs is 1. The van der Waals surface area contributed by atoms with Gasteiger partial charge in [-0.25, -0.2) is 0 Å². The number of nitro groups is 1. The Bertz CT molecular complexity index is 525. The molecule has 0 aromatic rings. The summed E-state index contributed by atoms with van der Waals surface area (Å²) in [5.74, 6) is 1.01. The van der Waals surface area contributed by atoms with E-state index in [1.807, 2.05) is 13.8 Å². The van der Waals surface area contributed by atoms with Gasteiger partial charge >= 0.3 is 5.97 Å². The normalized spacial score (nSPS) is 30.9. The molecule has 0 N–H and O–H groups in total. The van der Waals surface area contributed by atoms with Crippen molar-refractivity contribution in [2.75, 3.05) is 6.54 Å². The third kappa shape index (κ3) is 3.75. The van der Waals surface area contributed by atoms with Crippen LogP contribution in [0, 0.1) is 33.3 Å². The quantitative estimate of drug-likeness (QED) is 0.307. The van der Waals surface area contributed by atoms with Gasteiger partial charge in [0.2, 0.25) is 6.54 Å². The molecule has 2 aliphatic carbocycles. The Hall–Kier alpha value is -1.39. The van der Waals surface area contributed by atoms with Gasteiger partial charge < -0.3 is 4.74 Å². The average Bonchev–Trinajstić information content (AvgIpc) is 2.73. The van der Waals surface area contributed by atoms with Crippen LogP contribution in [0.5, 0.6) is 0 Å². The van der Waals surface area contributed by atoms with Gasteiger partial charge in [-0.1, -0.05) is 25.5 Å². The summed E-state index contributed by atoms with van der Waals surface area (Å²) in [6.07, 6.45) is 5.89. The van der Waals surface area contributed by atoms with Crippen LogP contribution in [0.25, 0.3) is 0 Å². The van der Waals surface area contributed by atoms with Crippen molar-refractivity contribution in [1.82, 2.24) is 0 Å². The minimum absolute atomic E-state index is 0.0385. The summed E-state index contributed by atoms with van der Waals surface area (Å²) in [5.41, 5.74) is 0.417. The molecule has 0 heterocycles. The zero-order valence-electron chi connectivity index (χ0n) is 14.9. The highest BCUT2D eigenvalue weighted by Crippen LogP contribution is 2.62. The number of hydrogen-bond acceptors (Lipinski definition) is 4. The zero-order valence-corrected chi connectivity index (χ0v) is 14.9. The first-order chi connectivity index (χ1) is 10.6. The summed E-state index contributed by atoms with van der Waals surface area (Å²) in [6.45, 7) is 9.48. The molecule has 0 aromatic carbocycles. The van der Waals surface area contributed by atoms with Gasteiger partial charge in [-0.05, 0) is 57.3 Å². The predicted molar refractivity (Wildman–Crippen MR) is 88.5 cm³/mol. The summed E-state index contributed by atoms with van der Waals surface area (Å²) in [4.78, 5) is 22.4. The van der Waals surface area contributed by atoms with Gasteiger partial charge in [-0.15, -0.1) is 0 Å². The standard InChI is InChI=1S/C18H29NO4/c1-6-12(2)14-7-15-9-18(11-19(21)22,16(15)8-14)10-17(4,5)23-13(3)20/h8,12,15-16H,6-7,9-11H2,1-5H3/t12?,15-,16-,18-/m0/s1. The maximum atomic E-state index is 11.3. The Morgan fingerprint density at radius 1 is 1.57 bits per heavy atom. The van der Waals surface area contributed by atoms with Crippen LogP contribution in [-0.2, 0) is 9.53 Å². The first kappa shape index (κ1) is 18.0. The van der Waals surface area contributed by atoms with Crippen LogP contribution in [0.2, 0.25) is 0 Å². The van der Waals surface area contributed by atoms with Gasteiger partial charge in [0.25, 0.3) is 0 Å². The van der Waals surface area contributed by atoms with Crippen molar-refractivity contribution in [3.05, 3.63) is 21.8 Å². The minimum atomic E-state index is -0.667. The fourth-order valence-corrected chi connectivity index (χ4v) is 4.81. The van der Waals surface area contributed by atoms with Crippen molar-refractivity contribution in [2.24, 2.45) is 23.2 Å². The lowest BCUT2D eigenvalue weighted by Crippen LogP contribution is -2.53. The van der Waals surface area contributed by atoms with E-state index in [0.29, 0.717) is 18.3 Å². The topological polar surface area (TPSA) is 69.4 Å². The van der Waals surface area contributed by atoms with Crippen LogP contribution in [0.15, 0.2) is 11.6 Å². The second-order valence-corrected chi connectivity index (χ2v) is 8.13. The van der Waals surface area contributed by atoms with Crippen LogP contribution in [0.3, 0.4) is 0 Å². The lowest BCUT2D eigenvalue weighted by molar-refractivity contribution is -0.507. The van der Waals surface area contributed by atoms with Crippen molar-refractivity contribution in [1.29, 1.82) is 0 Å². The molecule has 23 heavy (non-hydrogen) atoms. The van der Waals surface area contributed by atoms with Crippen LogP contribution >= 0.6 is 0 Å². The summed E-state index contributed by atoms with van der Waals surface area (Å²) < 4.78 is 5.41. The molecule has 1 saturated carbocycles. The van der Waals surface area contributed by atoms with Gasteiger partial charge in [0, 0.05) is 17.3 Å². The fraction of sp³-hybridized carbons (Fsp3) is 0.833. The lowest BCUT2D eigenvalue weighted by atomic mass is 9.52. The Morgan fingerprint density at radius 2 is 2.22 bits per heavy atom. The first-order valence-electron chi connectivity index (χ1n) is 8.60. The molecule has 2 aliphatic rings. The third-order valence-electron chi connectivity index (χ3n) is 5.66. The molecule has 4 atom stereocenters. The molecule has 2 rings (SSSR count). The third-order valence-corrected chi connectivity index (χ3v) is 5.66. The van der Waals surface area contributed by atoms with Crippen molar-refractivity contribution in [3.63, 3.8) is 0 Å².